The minimum atomic E-state index is 0.538. The van der Waals surface area contributed by atoms with Crippen molar-refractivity contribution < 1.29 is 0 Å². The largest absolute Gasteiger partial charge is 0.307 e. The van der Waals surface area contributed by atoms with Crippen LogP contribution in [-0.4, -0.2) is 40.4 Å². The summed E-state index contributed by atoms with van der Waals surface area (Å²) in [5.41, 5.74) is 2.89. The van der Waals surface area contributed by atoms with Gasteiger partial charge in [-0.2, -0.15) is 5.10 Å². The topological polar surface area (TPSA) is 33.1 Å². The molecule has 2 heterocycles. The smallest absolute Gasteiger partial charge is 0.0540 e. The van der Waals surface area contributed by atoms with E-state index in [4.69, 9.17) is 0 Å². The maximum atomic E-state index is 4.44. The van der Waals surface area contributed by atoms with Crippen LogP contribution in [0.1, 0.15) is 49.9 Å². The first-order valence-corrected chi connectivity index (χ1v) is 7.77. The third kappa shape index (κ3) is 2.70. The number of fused-ring (bicyclic) bond motifs is 1. The second-order valence-corrected chi connectivity index (χ2v) is 5.99. The van der Waals surface area contributed by atoms with Crippen molar-refractivity contribution >= 4 is 0 Å². The molecule has 0 bridgehead atoms. The van der Waals surface area contributed by atoms with Gasteiger partial charge in [0.15, 0.2) is 0 Å². The summed E-state index contributed by atoms with van der Waals surface area (Å²) in [6, 6.07) is 1.23. The van der Waals surface area contributed by atoms with E-state index in [-0.39, 0.29) is 0 Å². The molecule has 1 atom stereocenters. The molecular weight excluding hydrogens is 236 g/mol. The molecule has 1 unspecified atom stereocenters. The number of likely N-dealkylation sites (tertiary alicyclic amines) is 1. The number of nitrogens with zero attached hydrogens (tertiary/aromatic N) is 3. The van der Waals surface area contributed by atoms with Crippen LogP contribution in [0.15, 0.2) is 6.20 Å². The quantitative estimate of drug-likeness (QED) is 0.903. The van der Waals surface area contributed by atoms with E-state index >= 15 is 0 Å². The van der Waals surface area contributed by atoms with Crippen LogP contribution in [0.4, 0.5) is 0 Å². The summed E-state index contributed by atoms with van der Waals surface area (Å²) in [4.78, 5) is 2.55. The summed E-state index contributed by atoms with van der Waals surface area (Å²) in [5.74, 6) is 0. The molecule has 0 spiro atoms. The second-order valence-electron chi connectivity index (χ2n) is 5.99. The van der Waals surface area contributed by atoms with Crippen molar-refractivity contribution in [3.05, 3.63) is 17.5 Å². The first kappa shape index (κ1) is 13.1. The number of hydrogen-bond donors (Lipinski definition) is 1. The Bertz CT molecular complexity index is 418. The summed E-state index contributed by atoms with van der Waals surface area (Å²) < 4.78 is 2.06. The van der Waals surface area contributed by atoms with Crippen molar-refractivity contribution in [2.45, 2.75) is 51.1 Å². The van der Waals surface area contributed by atoms with Gasteiger partial charge in [-0.3, -0.25) is 4.68 Å². The van der Waals surface area contributed by atoms with E-state index in [0.29, 0.717) is 12.1 Å². The predicted octanol–water partition coefficient (Wildman–Crippen LogP) is 1.87. The molecule has 1 aromatic heterocycles. The first-order chi connectivity index (χ1) is 9.28. The van der Waals surface area contributed by atoms with Crippen molar-refractivity contribution in [3.8, 4) is 0 Å². The number of aryl methyl sites for hydroxylation is 1. The molecule has 0 amide bonds. The number of rotatable bonds is 3. The standard InChI is InChI=1S/C15H26N4/c1-3-19-9-7-12(8-10-19)17-14-5-4-6-15-13(14)11-16-18(15)2/h11-12,14,17H,3-10H2,1-2H3. The van der Waals surface area contributed by atoms with Crippen molar-refractivity contribution in [1.29, 1.82) is 0 Å². The van der Waals surface area contributed by atoms with Crippen LogP contribution in [-0.2, 0) is 13.5 Å². The van der Waals surface area contributed by atoms with E-state index in [1.165, 1.54) is 63.0 Å². The third-order valence-electron chi connectivity index (χ3n) is 4.85. The highest BCUT2D eigenvalue weighted by Gasteiger charge is 2.26. The zero-order chi connectivity index (χ0) is 13.2. The Labute approximate surface area is 116 Å². The van der Waals surface area contributed by atoms with Crippen LogP contribution in [0.25, 0.3) is 0 Å². The molecule has 1 fully saturated rings. The summed E-state index contributed by atoms with van der Waals surface area (Å²) in [6.07, 6.45) is 8.41. The van der Waals surface area contributed by atoms with Crippen LogP contribution < -0.4 is 5.32 Å². The fraction of sp³-hybridized carbons (Fsp3) is 0.800. The summed E-state index contributed by atoms with van der Waals surface area (Å²) in [5, 5.41) is 8.33. The lowest BCUT2D eigenvalue weighted by atomic mass is 9.91. The summed E-state index contributed by atoms with van der Waals surface area (Å²) in [6.45, 7) is 5.96. The average Bonchev–Trinajstić information content (AvgIpc) is 2.83. The number of nitrogens with one attached hydrogen (secondary N) is 1. The van der Waals surface area contributed by atoms with E-state index in [2.05, 4.69) is 40.2 Å². The summed E-state index contributed by atoms with van der Waals surface area (Å²) in [7, 11) is 2.07. The van der Waals surface area contributed by atoms with E-state index in [0.717, 1.165) is 0 Å². The van der Waals surface area contributed by atoms with Crippen LogP contribution in [0.3, 0.4) is 0 Å². The Morgan fingerprint density at radius 2 is 2.11 bits per heavy atom. The van der Waals surface area contributed by atoms with Gasteiger partial charge in [-0.05, 0) is 51.7 Å². The van der Waals surface area contributed by atoms with Crippen LogP contribution in [0.2, 0.25) is 0 Å². The minimum Gasteiger partial charge on any atom is -0.307 e. The fourth-order valence-electron chi connectivity index (χ4n) is 3.58. The van der Waals surface area contributed by atoms with Gasteiger partial charge in [-0.1, -0.05) is 6.92 Å². The van der Waals surface area contributed by atoms with Crippen LogP contribution >= 0.6 is 0 Å². The van der Waals surface area contributed by atoms with Gasteiger partial charge < -0.3 is 10.2 Å². The lowest BCUT2D eigenvalue weighted by molar-refractivity contribution is 0.195. The normalized spacial score (nSPS) is 25.5. The lowest BCUT2D eigenvalue weighted by Gasteiger charge is -2.35. The van der Waals surface area contributed by atoms with Gasteiger partial charge in [-0.15, -0.1) is 0 Å². The van der Waals surface area contributed by atoms with Crippen molar-refractivity contribution in [2.24, 2.45) is 7.05 Å². The molecule has 106 valence electrons. The Morgan fingerprint density at radius 1 is 1.32 bits per heavy atom. The van der Waals surface area contributed by atoms with Gasteiger partial charge in [-0.25, -0.2) is 0 Å². The molecule has 4 nitrogen and oxygen atoms in total. The Kier molecular flexibility index (Phi) is 3.89. The monoisotopic (exact) mass is 262 g/mol. The second kappa shape index (κ2) is 5.63. The van der Waals surface area contributed by atoms with Gasteiger partial charge in [0.1, 0.15) is 0 Å². The van der Waals surface area contributed by atoms with Crippen molar-refractivity contribution in [3.63, 3.8) is 0 Å². The molecule has 1 aromatic rings. The fourth-order valence-corrected chi connectivity index (χ4v) is 3.58. The number of hydrogen-bond acceptors (Lipinski definition) is 3. The molecule has 1 saturated heterocycles. The van der Waals surface area contributed by atoms with E-state index < -0.39 is 0 Å². The van der Waals surface area contributed by atoms with Gasteiger partial charge in [0.2, 0.25) is 0 Å². The molecule has 1 aliphatic carbocycles. The van der Waals surface area contributed by atoms with Crippen LogP contribution in [0.5, 0.6) is 0 Å². The number of piperidine rings is 1. The zero-order valence-electron chi connectivity index (χ0n) is 12.2. The van der Waals surface area contributed by atoms with Gasteiger partial charge in [0, 0.05) is 30.4 Å². The van der Waals surface area contributed by atoms with Gasteiger partial charge in [0.25, 0.3) is 0 Å². The third-order valence-corrected chi connectivity index (χ3v) is 4.85. The Hall–Kier alpha value is -0.870. The van der Waals surface area contributed by atoms with E-state index in [1.54, 1.807) is 0 Å². The molecular formula is C15H26N4. The SMILES string of the molecule is CCN1CCC(NC2CCCc3c2cnn3C)CC1. The van der Waals surface area contributed by atoms with E-state index in [1.807, 2.05) is 0 Å². The molecule has 19 heavy (non-hydrogen) atoms. The first-order valence-electron chi connectivity index (χ1n) is 7.77. The highest BCUT2D eigenvalue weighted by Crippen LogP contribution is 2.30. The Morgan fingerprint density at radius 3 is 2.84 bits per heavy atom. The minimum absolute atomic E-state index is 0.538. The summed E-state index contributed by atoms with van der Waals surface area (Å²) >= 11 is 0. The zero-order valence-corrected chi connectivity index (χ0v) is 12.2. The van der Waals surface area contributed by atoms with Crippen LogP contribution in [0, 0.1) is 0 Å². The number of aromatic nitrogens is 2. The van der Waals surface area contributed by atoms with Crippen molar-refractivity contribution in [1.82, 2.24) is 20.0 Å². The van der Waals surface area contributed by atoms with Crippen molar-refractivity contribution in [2.75, 3.05) is 19.6 Å². The maximum Gasteiger partial charge on any atom is 0.0540 e. The van der Waals surface area contributed by atoms with Gasteiger partial charge >= 0.3 is 0 Å². The molecule has 2 aliphatic rings. The maximum absolute atomic E-state index is 4.44. The lowest BCUT2D eigenvalue weighted by Crippen LogP contribution is -2.44. The average molecular weight is 262 g/mol. The van der Waals surface area contributed by atoms with Gasteiger partial charge in [0.05, 0.1) is 6.20 Å². The molecule has 0 aromatic carbocycles. The van der Waals surface area contributed by atoms with E-state index in [9.17, 15) is 0 Å². The molecule has 4 heteroatoms. The highest BCUT2D eigenvalue weighted by atomic mass is 15.3. The molecule has 0 radical (unpaired) electrons. The highest BCUT2D eigenvalue weighted by molar-refractivity contribution is 5.24. The molecule has 1 aliphatic heterocycles. The molecule has 3 rings (SSSR count). The molecule has 1 N–H and O–H groups in total. The predicted molar refractivity (Wildman–Crippen MR) is 77.2 cm³/mol. The molecule has 0 saturated carbocycles. The Balaban J connectivity index is 1.62.